The highest BCUT2D eigenvalue weighted by molar-refractivity contribution is 5.66. The third kappa shape index (κ3) is 3.15. The first kappa shape index (κ1) is 15.7. The minimum Gasteiger partial charge on any atom is -0.380 e. The van der Waals surface area contributed by atoms with E-state index in [-0.39, 0.29) is 6.10 Å². The molecule has 114 valence electrons. The lowest BCUT2D eigenvalue weighted by Gasteiger charge is -2.50. The van der Waals surface area contributed by atoms with E-state index in [1.54, 1.807) is 6.08 Å². The van der Waals surface area contributed by atoms with E-state index in [0.29, 0.717) is 17.9 Å². The van der Waals surface area contributed by atoms with Crippen LogP contribution in [-0.2, 0) is 9.53 Å². The summed E-state index contributed by atoms with van der Waals surface area (Å²) in [4.78, 5) is 10.8. The van der Waals surface area contributed by atoms with Gasteiger partial charge in [-0.05, 0) is 51.1 Å². The fourth-order valence-electron chi connectivity index (χ4n) is 4.41. The molecule has 0 amide bonds. The van der Waals surface area contributed by atoms with Gasteiger partial charge in [-0.2, -0.15) is 0 Å². The molecule has 1 saturated heterocycles. The Labute approximate surface area is 123 Å². The normalized spacial score (nSPS) is 38.4. The summed E-state index contributed by atoms with van der Waals surface area (Å²) in [5.74, 6) is 1.72. The summed E-state index contributed by atoms with van der Waals surface area (Å²) in [6, 6.07) is 0.605. The van der Waals surface area contributed by atoms with E-state index in [2.05, 4.69) is 19.2 Å². The standard InChI is InChI=1S/C17H29NO2/c1-4-6-13-11-15(12(2)8-10-19)17(20-3)14-7-5-9-18-16(13)14/h8,10,13-18H,4-7,9,11H2,1-3H3/b12-8-. The zero-order valence-corrected chi connectivity index (χ0v) is 13.1. The SMILES string of the molecule is CCCC1CC(/C(C)=C\C=O)C(OC)C2CCCNC12. The third-order valence-corrected chi connectivity index (χ3v) is 5.29. The Morgan fingerprint density at radius 1 is 1.45 bits per heavy atom. The van der Waals surface area contributed by atoms with E-state index in [4.69, 9.17) is 4.74 Å². The number of allylic oxidation sites excluding steroid dienone is 1. The second-order valence-electron chi connectivity index (χ2n) is 6.42. The lowest BCUT2D eigenvalue weighted by atomic mass is 9.64. The Balaban J connectivity index is 2.23. The highest BCUT2D eigenvalue weighted by Gasteiger charge is 2.45. The summed E-state index contributed by atoms with van der Waals surface area (Å²) < 4.78 is 5.87. The molecular weight excluding hydrogens is 250 g/mol. The molecule has 1 aliphatic carbocycles. The van der Waals surface area contributed by atoms with Crippen LogP contribution < -0.4 is 5.32 Å². The monoisotopic (exact) mass is 279 g/mol. The van der Waals surface area contributed by atoms with E-state index < -0.39 is 0 Å². The van der Waals surface area contributed by atoms with Crippen LogP contribution in [0.5, 0.6) is 0 Å². The van der Waals surface area contributed by atoms with Crippen LogP contribution in [0.15, 0.2) is 11.6 Å². The number of ether oxygens (including phenoxy) is 1. The maximum atomic E-state index is 10.8. The zero-order chi connectivity index (χ0) is 14.5. The average molecular weight is 279 g/mol. The summed E-state index contributed by atoms with van der Waals surface area (Å²) in [5.41, 5.74) is 1.19. The van der Waals surface area contributed by atoms with Gasteiger partial charge in [-0.25, -0.2) is 0 Å². The second-order valence-corrected chi connectivity index (χ2v) is 6.42. The van der Waals surface area contributed by atoms with Crippen molar-refractivity contribution >= 4 is 6.29 Å². The molecule has 5 atom stereocenters. The van der Waals surface area contributed by atoms with Crippen LogP contribution in [-0.4, -0.2) is 32.1 Å². The fraction of sp³-hybridized carbons (Fsp3) is 0.824. The molecule has 0 spiro atoms. The first-order valence-corrected chi connectivity index (χ1v) is 8.11. The van der Waals surface area contributed by atoms with Crippen molar-refractivity contribution < 1.29 is 9.53 Å². The molecule has 0 aromatic rings. The molecule has 1 saturated carbocycles. The molecule has 5 unspecified atom stereocenters. The highest BCUT2D eigenvalue weighted by atomic mass is 16.5. The molecule has 0 radical (unpaired) electrons. The number of hydrogen-bond acceptors (Lipinski definition) is 3. The molecule has 2 fully saturated rings. The Kier molecular flexibility index (Phi) is 5.79. The number of piperidine rings is 1. The van der Waals surface area contributed by atoms with Crippen molar-refractivity contribution in [3.05, 3.63) is 11.6 Å². The van der Waals surface area contributed by atoms with Crippen molar-refractivity contribution in [2.45, 2.75) is 58.1 Å². The number of carbonyl (C=O) groups is 1. The molecule has 0 aromatic carbocycles. The van der Waals surface area contributed by atoms with Crippen molar-refractivity contribution in [1.29, 1.82) is 0 Å². The third-order valence-electron chi connectivity index (χ3n) is 5.29. The molecule has 2 aliphatic rings. The molecule has 1 heterocycles. The maximum absolute atomic E-state index is 10.8. The first-order valence-electron chi connectivity index (χ1n) is 8.11. The number of nitrogens with one attached hydrogen (secondary N) is 1. The van der Waals surface area contributed by atoms with Crippen molar-refractivity contribution in [3.8, 4) is 0 Å². The highest BCUT2D eigenvalue weighted by Crippen LogP contribution is 2.43. The van der Waals surface area contributed by atoms with Crippen LogP contribution in [0.4, 0.5) is 0 Å². The summed E-state index contributed by atoms with van der Waals surface area (Å²) in [6.45, 7) is 5.50. The van der Waals surface area contributed by atoms with E-state index >= 15 is 0 Å². The number of methoxy groups -OCH3 is 1. The van der Waals surface area contributed by atoms with Crippen molar-refractivity contribution in [2.75, 3.05) is 13.7 Å². The molecule has 3 nitrogen and oxygen atoms in total. The minimum absolute atomic E-state index is 0.261. The Hall–Kier alpha value is -0.670. The Morgan fingerprint density at radius 2 is 2.25 bits per heavy atom. The fourth-order valence-corrected chi connectivity index (χ4v) is 4.41. The molecule has 0 bridgehead atoms. The van der Waals surface area contributed by atoms with Gasteiger partial charge >= 0.3 is 0 Å². The summed E-state index contributed by atoms with van der Waals surface area (Å²) in [7, 11) is 1.83. The van der Waals surface area contributed by atoms with Crippen LogP contribution >= 0.6 is 0 Å². The van der Waals surface area contributed by atoms with Crippen molar-refractivity contribution in [1.82, 2.24) is 5.32 Å². The van der Waals surface area contributed by atoms with Gasteiger partial charge in [0.25, 0.3) is 0 Å². The van der Waals surface area contributed by atoms with Crippen LogP contribution in [0.25, 0.3) is 0 Å². The molecule has 3 heteroatoms. The van der Waals surface area contributed by atoms with Crippen LogP contribution in [0, 0.1) is 17.8 Å². The number of aldehydes is 1. The quantitative estimate of drug-likeness (QED) is 0.621. The summed E-state index contributed by atoms with van der Waals surface area (Å²) >= 11 is 0. The number of hydrogen-bond donors (Lipinski definition) is 1. The van der Waals surface area contributed by atoms with Gasteiger partial charge in [-0.1, -0.05) is 18.9 Å². The van der Waals surface area contributed by atoms with Gasteiger partial charge in [0.2, 0.25) is 0 Å². The van der Waals surface area contributed by atoms with E-state index in [9.17, 15) is 4.79 Å². The Morgan fingerprint density at radius 3 is 2.90 bits per heavy atom. The van der Waals surface area contributed by atoms with Gasteiger partial charge in [0.05, 0.1) is 6.10 Å². The Bertz CT molecular complexity index is 353. The van der Waals surface area contributed by atoms with Crippen LogP contribution in [0.3, 0.4) is 0 Å². The van der Waals surface area contributed by atoms with Crippen molar-refractivity contribution in [3.63, 3.8) is 0 Å². The topological polar surface area (TPSA) is 38.3 Å². The van der Waals surface area contributed by atoms with E-state index in [1.165, 1.54) is 31.3 Å². The molecule has 0 aromatic heterocycles. The lowest BCUT2D eigenvalue weighted by Crippen LogP contribution is -2.57. The van der Waals surface area contributed by atoms with Gasteiger partial charge in [-0.15, -0.1) is 0 Å². The van der Waals surface area contributed by atoms with E-state index in [0.717, 1.165) is 25.2 Å². The molecule has 1 N–H and O–H groups in total. The number of carbonyl (C=O) groups excluding carboxylic acids is 1. The van der Waals surface area contributed by atoms with Gasteiger partial charge < -0.3 is 10.1 Å². The summed E-state index contributed by atoms with van der Waals surface area (Å²) in [5, 5.41) is 3.74. The van der Waals surface area contributed by atoms with E-state index in [1.807, 2.05) is 7.11 Å². The first-order chi connectivity index (χ1) is 9.72. The number of fused-ring (bicyclic) bond motifs is 1. The summed E-state index contributed by atoms with van der Waals surface area (Å²) in [6.07, 6.45) is 9.06. The van der Waals surface area contributed by atoms with Gasteiger partial charge in [0, 0.05) is 25.0 Å². The molecule has 2 rings (SSSR count). The molecule has 20 heavy (non-hydrogen) atoms. The van der Waals surface area contributed by atoms with Gasteiger partial charge in [0.15, 0.2) is 0 Å². The zero-order valence-electron chi connectivity index (χ0n) is 13.1. The van der Waals surface area contributed by atoms with Crippen LogP contribution in [0.1, 0.15) is 46.0 Å². The van der Waals surface area contributed by atoms with Crippen LogP contribution in [0.2, 0.25) is 0 Å². The maximum Gasteiger partial charge on any atom is 0.142 e. The molecular formula is C17H29NO2. The predicted octanol–water partition coefficient (Wildman–Crippen LogP) is 2.95. The lowest BCUT2D eigenvalue weighted by molar-refractivity contribution is -0.104. The largest absolute Gasteiger partial charge is 0.380 e. The average Bonchev–Trinajstić information content (AvgIpc) is 2.47. The predicted molar refractivity (Wildman–Crippen MR) is 81.6 cm³/mol. The second kappa shape index (κ2) is 7.37. The molecule has 1 aliphatic heterocycles. The smallest absolute Gasteiger partial charge is 0.142 e. The number of rotatable bonds is 5. The van der Waals surface area contributed by atoms with Gasteiger partial charge in [0.1, 0.15) is 6.29 Å². The van der Waals surface area contributed by atoms with Gasteiger partial charge in [-0.3, -0.25) is 4.79 Å². The minimum atomic E-state index is 0.261. The van der Waals surface area contributed by atoms with Crippen molar-refractivity contribution in [2.24, 2.45) is 17.8 Å².